The van der Waals surface area contributed by atoms with Gasteiger partial charge in [-0.05, 0) is 31.8 Å². The minimum absolute atomic E-state index is 0.885. The quantitative estimate of drug-likeness (QED) is 0.536. The second kappa shape index (κ2) is 10.5. The molecule has 0 saturated carbocycles. The molecule has 92 valence electrons. The third kappa shape index (κ3) is 11.9. The first-order chi connectivity index (χ1) is 7.16. The molecule has 0 aromatic carbocycles. The van der Waals surface area contributed by atoms with Gasteiger partial charge in [-0.25, -0.2) is 0 Å². The van der Waals surface area contributed by atoms with Gasteiger partial charge in [0.25, 0.3) is 0 Å². The number of hydrogen-bond donors (Lipinski definition) is 1. The lowest BCUT2D eigenvalue weighted by Gasteiger charge is -2.11. The van der Waals surface area contributed by atoms with Gasteiger partial charge >= 0.3 is 0 Å². The number of unbranched alkanes of at least 4 members (excludes halogenated alkanes) is 2. The van der Waals surface area contributed by atoms with Crippen LogP contribution in [-0.2, 0) is 0 Å². The zero-order valence-electron chi connectivity index (χ0n) is 11.3. The maximum Gasteiger partial charge on any atom is -0.00519 e. The fraction of sp³-hybridized carbons (Fsp3) is 1.00. The van der Waals surface area contributed by atoms with Crippen LogP contribution in [0.5, 0.6) is 0 Å². The summed E-state index contributed by atoms with van der Waals surface area (Å²) < 4.78 is 0. The average molecular weight is 213 g/mol. The Morgan fingerprint density at radius 2 is 1.33 bits per heavy atom. The third-order valence-corrected chi connectivity index (χ3v) is 3.10. The number of hydrogen-bond acceptors (Lipinski definition) is 1. The van der Waals surface area contributed by atoms with E-state index < -0.39 is 0 Å². The summed E-state index contributed by atoms with van der Waals surface area (Å²) in [6, 6.07) is 0. The summed E-state index contributed by atoms with van der Waals surface area (Å²) in [6.07, 6.45) is 9.87. The highest BCUT2D eigenvalue weighted by Crippen LogP contribution is 2.17. The van der Waals surface area contributed by atoms with Crippen molar-refractivity contribution < 1.29 is 0 Å². The molecule has 0 aliphatic rings. The molecule has 1 atom stereocenters. The molecule has 0 aliphatic carbocycles. The Balaban J connectivity index is 3.15. The van der Waals surface area contributed by atoms with Crippen molar-refractivity contribution in [2.24, 2.45) is 11.8 Å². The van der Waals surface area contributed by atoms with E-state index in [0.29, 0.717) is 0 Å². The second-order valence-electron chi connectivity index (χ2n) is 5.38. The van der Waals surface area contributed by atoms with Crippen LogP contribution in [0.15, 0.2) is 0 Å². The Bertz CT molecular complexity index is 121. The van der Waals surface area contributed by atoms with E-state index >= 15 is 0 Å². The largest absolute Gasteiger partial charge is 0.320 e. The topological polar surface area (TPSA) is 12.0 Å². The highest BCUT2D eigenvalue weighted by atomic mass is 14.8. The normalized spacial score (nSPS) is 13.4. The smallest absolute Gasteiger partial charge is 0.00519 e. The monoisotopic (exact) mass is 213 g/mol. The Morgan fingerprint density at radius 3 is 1.87 bits per heavy atom. The van der Waals surface area contributed by atoms with Gasteiger partial charge < -0.3 is 5.32 Å². The molecule has 0 rings (SSSR count). The summed E-state index contributed by atoms with van der Waals surface area (Å²) in [5, 5.41) is 3.21. The van der Waals surface area contributed by atoms with Crippen LogP contribution in [0, 0.1) is 11.8 Å². The molecule has 15 heavy (non-hydrogen) atoms. The lowest BCUT2D eigenvalue weighted by molar-refractivity contribution is 0.426. The Hall–Kier alpha value is -0.0400. The van der Waals surface area contributed by atoms with Crippen LogP contribution in [0.1, 0.15) is 65.7 Å². The van der Waals surface area contributed by atoms with Gasteiger partial charge in [0.1, 0.15) is 0 Å². The van der Waals surface area contributed by atoms with E-state index in [1.807, 2.05) is 7.05 Å². The molecule has 0 radical (unpaired) electrons. The van der Waals surface area contributed by atoms with Crippen molar-refractivity contribution in [1.29, 1.82) is 0 Å². The van der Waals surface area contributed by atoms with E-state index in [4.69, 9.17) is 0 Å². The van der Waals surface area contributed by atoms with Crippen molar-refractivity contribution in [1.82, 2.24) is 5.32 Å². The Kier molecular flexibility index (Phi) is 10.4. The maximum absolute atomic E-state index is 3.21. The van der Waals surface area contributed by atoms with Gasteiger partial charge in [0, 0.05) is 0 Å². The van der Waals surface area contributed by atoms with Crippen molar-refractivity contribution >= 4 is 0 Å². The molecule has 0 aromatic rings. The van der Waals surface area contributed by atoms with Crippen LogP contribution < -0.4 is 5.32 Å². The molecule has 0 amide bonds. The number of nitrogens with one attached hydrogen (secondary N) is 1. The molecule has 0 aliphatic heterocycles. The van der Waals surface area contributed by atoms with E-state index in [1.54, 1.807) is 0 Å². The molecular formula is C14H31N. The van der Waals surface area contributed by atoms with E-state index in [2.05, 4.69) is 26.1 Å². The van der Waals surface area contributed by atoms with Crippen molar-refractivity contribution in [3.63, 3.8) is 0 Å². The molecule has 0 saturated heterocycles. The van der Waals surface area contributed by atoms with Crippen LogP contribution in [0.25, 0.3) is 0 Å². The number of rotatable bonds is 10. The molecule has 0 heterocycles. The summed E-state index contributed by atoms with van der Waals surface area (Å²) in [4.78, 5) is 0. The van der Waals surface area contributed by atoms with E-state index in [9.17, 15) is 0 Å². The van der Waals surface area contributed by atoms with Crippen molar-refractivity contribution in [3.05, 3.63) is 0 Å². The van der Waals surface area contributed by atoms with E-state index in [-0.39, 0.29) is 0 Å². The Labute approximate surface area is 97.0 Å². The van der Waals surface area contributed by atoms with Gasteiger partial charge in [-0.15, -0.1) is 0 Å². The standard InChI is InChI=1S/C14H31N/c1-13(2)9-5-6-10-14(3)11-7-8-12-15-4/h13-15H,5-12H2,1-4H3. The van der Waals surface area contributed by atoms with Crippen LogP contribution in [0.2, 0.25) is 0 Å². The molecule has 0 fully saturated rings. The highest BCUT2D eigenvalue weighted by Gasteiger charge is 2.02. The summed E-state index contributed by atoms with van der Waals surface area (Å²) in [5.41, 5.74) is 0. The van der Waals surface area contributed by atoms with Crippen LogP contribution in [-0.4, -0.2) is 13.6 Å². The van der Waals surface area contributed by atoms with Gasteiger partial charge in [-0.2, -0.15) is 0 Å². The predicted octanol–water partition coefficient (Wildman–Crippen LogP) is 4.23. The molecule has 1 unspecified atom stereocenters. The summed E-state index contributed by atoms with van der Waals surface area (Å²) in [5.74, 6) is 1.82. The first-order valence-electron chi connectivity index (χ1n) is 6.81. The fourth-order valence-electron chi connectivity index (χ4n) is 1.98. The second-order valence-corrected chi connectivity index (χ2v) is 5.38. The molecule has 0 spiro atoms. The van der Waals surface area contributed by atoms with Gasteiger partial charge in [0.2, 0.25) is 0 Å². The molecule has 1 heteroatoms. The minimum Gasteiger partial charge on any atom is -0.320 e. The first kappa shape index (κ1) is 15.0. The van der Waals surface area contributed by atoms with Crippen molar-refractivity contribution in [2.45, 2.75) is 65.7 Å². The lowest BCUT2D eigenvalue weighted by Crippen LogP contribution is -2.07. The lowest BCUT2D eigenvalue weighted by atomic mass is 9.96. The molecule has 0 bridgehead atoms. The maximum atomic E-state index is 3.21. The molecule has 0 aromatic heterocycles. The summed E-state index contributed by atoms with van der Waals surface area (Å²) in [7, 11) is 2.04. The van der Waals surface area contributed by atoms with Gasteiger partial charge in [0.15, 0.2) is 0 Å². The minimum atomic E-state index is 0.885. The fourth-order valence-corrected chi connectivity index (χ4v) is 1.98. The SMILES string of the molecule is CNCCCCC(C)CCCCC(C)C. The molecular weight excluding hydrogens is 182 g/mol. The molecule has 1 N–H and O–H groups in total. The zero-order valence-corrected chi connectivity index (χ0v) is 11.3. The summed E-state index contributed by atoms with van der Waals surface area (Å²) in [6.45, 7) is 8.23. The third-order valence-electron chi connectivity index (χ3n) is 3.10. The first-order valence-corrected chi connectivity index (χ1v) is 6.81. The summed E-state index contributed by atoms with van der Waals surface area (Å²) >= 11 is 0. The van der Waals surface area contributed by atoms with E-state index in [1.165, 1.54) is 51.5 Å². The van der Waals surface area contributed by atoms with E-state index in [0.717, 1.165) is 11.8 Å². The Morgan fingerprint density at radius 1 is 0.800 bits per heavy atom. The van der Waals surface area contributed by atoms with Crippen LogP contribution in [0.4, 0.5) is 0 Å². The highest BCUT2D eigenvalue weighted by molar-refractivity contribution is 4.56. The van der Waals surface area contributed by atoms with Crippen molar-refractivity contribution in [3.8, 4) is 0 Å². The van der Waals surface area contributed by atoms with Crippen LogP contribution >= 0.6 is 0 Å². The van der Waals surface area contributed by atoms with Crippen molar-refractivity contribution in [2.75, 3.05) is 13.6 Å². The van der Waals surface area contributed by atoms with Gasteiger partial charge in [-0.3, -0.25) is 0 Å². The zero-order chi connectivity index (χ0) is 11.5. The van der Waals surface area contributed by atoms with Gasteiger partial charge in [0.05, 0.1) is 0 Å². The van der Waals surface area contributed by atoms with Crippen LogP contribution in [0.3, 0.4) is 0 Å². The predicted molar refractivity (Wildman–Crippen MR) is 70.2 cm³/mol. The average Bonchev–Trinajstić information content (AvgIpc) is 2.19. The molecule has 1 nitrogen and oxygen atoms in total. The van der Waals surface area contributed by atoms with Gasteiger partial charge in [-0.1, -0.05) is 59.3 Å².